The van der Waals surface area contributed by atoms with Crippen molar-refractivity contribution in [1.82, 2.24) is 14.7 Å². The molecule has 18 heavy (non-hydrogen) atoms. The minimum Gasteiger partial charge on any atom is -0.412 e. The molecule has 0 saturated heterocycles. The quantitative estimate of drug-likeness (QED) is 0.604. The van der Waals surface area contributed by atoms with Crippen LogP contribution in [0.2, 0.25) is 0 Å². The minimum absolute atomic E-state index is 0.759. The summed E-state index contributed by atoms with van der Waals surface area (Å²) in [6, 6.07) is 8.13. The van der Waals surface area contributed by atoms with E-state index in [9.17, 15) is 0 Å². The summed E-state index contributed by atoms with van der Waals surface area (Å²) < 4.78 is 1.91. The molecule has 4 rings (SSSR count). The Kier molecular flexibility index (Phi) is 2.03. The average Bonchev–Trinajstić information content (AvgIpc) is 2.61. The van der Waals surface area contributed by atoms with Crippen LogP contribution in [-0.2, 0) is 6.42 Å². The number of hydrogen-bond acceptors (Lipinski definition) is 3. The van der Waals surface area contributed by atoms with Crippen molar-refractivity contribution in [3.05, 3.63) is 36.3 Å². The number of hydrogen-bond donors (Lipinski definition) is 0. The van der Waals surface area contributed by atoms with Gasteiger partial charge in [0.1, 0.15) is 23.5 Å². The lowest BCUT2D eigenvalue weighted by atomic mass is 10.2. The summed E-state index contributed by atoms with van der Waals surface area (Å²) in [5, 5.41) is 1.11. The fourth-order valence-corrected chi connectivity index (χ4v) is 2.56. The first-order chi connectivity index (χ1) is 8.93. The molecule has 4 heteroatoms. The van der Waals surface area contributed by atoms with Gasteiger partial charge in [-0.05, 0) is 18.9 Å². The van der Waals surface area contributed by atoms with E-state index in [2.05, 4.69) is 16.0 Å². The zero-order valence-electron chi connectivity index (χ0n) is 9.97. The van der Waals surface area contributed by atoms with Crippen molar-refractivity contribution in [1.29, 1.82) is 0 Å². The van der Waals surface area contributed by atoms with Gasteiger partial charge in [0.05, 0.1) is 11.7 Å². The molecule has 90 valence electrons. The lowest BCUT2D eigenvalue weighted by Crippen LogP contribution is -2.12. The zero-order valence-corrected chi connectivity index (χ0v) is 9.97. The molecule has 1 aromatic carbocycles. The fourth-order valence-electron chi connectivity index (χ4n) is 2.56. The first kappa shape index (κ1) is 9.88. The van der Waals surface area contributed by atoms with Crippen LogP contribution in [0.5, 0.6) is 0 Å². The maximum Gasteiger partial charge on any atom is 0.146 e. The smallest absolute Gasteiger partial charge is 0.146 e. The zero-order chi connectivity index (χ0) is 11.9. The van der Waals surface area contributed by atoms with E-state index in [0.29, 0.717) is 0 Å². The van der Waals surface area contributed by atoms with E-state index in [1.165, 1.54) is 0 Å². The SMILES string of the molecule is c1ccc2c(c1)ncc1nc3n(c12)OCCCC3. The van der Waals surface area contributed by atoms with E-state index in [-0.39, 0.29) is 0 Å². The number of rotatable bonds is 0. The number of para-hydroxylation sites is 1. The predicted molar refractivity (Wildman–Crippen MR) is 69.4 cm³/mol. The Bertz CT molecular complexity index is 732. The minimum atomic E-state index is 0.759. The van der Waals surface area contributed by atoms with E-state index in [1.807, 2.05) is 29.1 Å². The van der Waals surface area contributed by atoms with Crippen LogP contribution in [0.1, 0.15) is 18.7 Å². The van der Waals surface area contributed by atoms with E-state index in [1.54, 1.807) is 0 Å². The van der Waals surface area contributed by atoms with Crippen molar-refractivity contribution < 1.29 is 4.84 Å². The molecule has 0 unspecified atom stereocenters. The van der Waals surface area contributed by atoms with Gasteiger partial charge >= 0.3 is 0 Å². The van der Waals surface area contributed by atoms with Gasteiger partial charge in [0.25, 0.3) is 0 Å². The monoisotopic (exact) mass is 239 g/mol. The second-order valence-electron chi connectivity index (χ2n) is 4.62. The van der Waals surface area contributed by atoms with Crippen LogP contribution >= 0.6 is 0 Å². The molecular formula is C14H13N3O. The molecule has 0 atom stereocenters. The van der Waals surface area contributed by atoms with Gasteiger partial charge in [0.15, 0.2) is 0 Å². The van der Waals surface area contributed by atoms with Gasteiger partial charge in [-0.1, -0.05) is 18.2 Å². The molecule has 3 heterocycles. The topological polar surface area (TPSA) is 39.9 Å². The number of fused-ring (bicyclic) bond motifs is 5. The lowest BCUT2D eigenvalue weighted by Gasteiger charge is -2.07. The van der Waals surface area contributed by atoms with Gasteiger partial charge in [-0.25, -0.2) is 4.98 Å². The second kappa shape index (κ2) is 3.70. The van der Waals surface area contributed by atoms with Crippen LogP contribution in [0.4, 0.5) is 0 Å². The van der Waals surface area contributed by atoms with Crippen molar-refractivity contribution in [2.45, 2.75) is 19.3 Å². The predicted octanol–water partition coefficient (Wildman–Crippen LogP) is 2.35. The Hall–Kier alpha value is -2.10. The molecule has 0 bridgehead atoms. The summed E-state index contributed by atoms with van der Waals surface area (Å²) in [4.78, 5) is 14.9. The van der Waals surface area contributed by atoms with Gasteiger partial charge in [0.2, 0.25) is 0 Å². The normalized spacial score (nSPS) is 15.3. The fraction of sp³-hybridized carbons (Fsp3) is 0.286. The highest BCUT2D eigenvalue weighted by Gasteiger charge is 2.17. The number of benzene rings is 1. The van der Waals surface area contributed by atoms with Crippen molar-refractivity contribution in [3.8, 4) is 0 Å². The van der Waals surface area contributed by atoms with Gasteiger partial charge in [-0.2, -0.15) is 4.73 Å². The van der Waals surface area contributed by atoms with E-state index < -0.39 is 0 Å². The highest BCUT2D eigenvalue weighted by Crippen LogP contribution is 2.25. The number of aryl methyl sites for hydroxylation is 1. The molecule has 0 spiro atoms. The Morgan fingerprint density at radius 1 is 1.11 bits per heavy atom. The maximum atomic E-state index is 5.84. The Labute approximate surface area is 104 Å². The molecule has 0 amide bonds. The first-order valence-corrected chi connectivity index (χ1v) is 6.32. The summed E-state index contributed by atoms with van der Waals surface area (Å²) in [6.45, 7) is 0.759. The molecule has 4 nitrogen and oxygen atoms in total. The van der Waals surface area contributed by atoms with Crippen LogP contribution in [-0.4, -0.2) is 21.3 Å². The summed E-state index contributed by atoms with van der Waals surface area (Å²) in [5.74, 6) is 1.01. The standard InChI is InChI=1S/C14H13N3O/c1-2-6-11-10(5-1)14-12(9-15-11)16-13-7-3-4-8-18-17(13)14/h1-2,5-6,9H,3-4,7-8H2. The van der Waals surface area contributed by atoms with Crippen LogP contribution in [0.15, 0.2) is 30.5 Å². The number of imidazole rings is 1. The molecule has 3 aromatic rings. The summed E-state index contributed by atoms with van der Waals surface area (Å²) in [5.41, 5.74) is 2.96. The third-order valence-corrected chi connectivity index (χ3v) is 3.43. The molecule has 0 fully saturated rings. The van der Waals surface area contributed by atoms with E-state index in [4.69, 9.17) is 4.84 Å². The highest BCUT2D eigenvalue weighted by atomic mass is 16.7. The third kappa shape index (κ3) is 1.32. The van der Waals surface area contributed by atoms with Crippen molar-refractivity contribution in [2.75, 3.05) is 6.61 Å². The van der Waals surface area contributed by atoms with E-state index in [0.717, 1.165) is 53.6 Å². The lowest BCUT2D eigenvalue weighted by molar-refractivity contribution is 0.121. The average molecular weight is 239 g/mol. The highest BCUT2D eigenvalue weighted by molar-refractivity contribution is 6.02. The van der Waals surface area contributed by atoms with Crippen LogP contribution in [0.3, 0.4) is 0 Å². The van der Waals surface area contributed by atoms with Crippen LogP contribution in [0, 0.1) is 0 Å². The van der Waals surface area contributed by atoms with Crippen molar-refractivity contribution in [3.63, 3.8) is 0 Å². The maximum absolute atomic E-state index is 5.84. The van der Waals surface area contributed by atoms with Crippen LogP contribution < -0.4 is 4.84 Å². The molecule has 0 saturated carbocycles. The van der Waals surface area contributed by atoms with Gasteiger partial charge in [-0.3, -0.25) is 4.98 Å². The Balaban J connectivity index is 2.13. The summed E-state index contributed by atoms with van der Waals surface area (Å²) in [6.07, 6.45) is 5.04. The van der Waals surface area contributed by atoms with Crippen molar-refractivity contribution >= 4 is 21.9 Å². The number of aromatic nitrogens is 3. The molecule has 1 aliphatic heterocycles. The molecule has 0 N–H and O–H groups in total. The Morgan fingerprint density at radius 2 is 2.06 bits per heavy atom. The second-order valence-corrected chi connectivity index (χ2v) is 4.62. The van der Waals surface area contributed by atoms with Gasteiger partial charge < -0.3 is 4.84 Å². The first-order valence-electron chi connectivity index (χ1n) is 6.32. The van der Waals surface area contributed by atoms with Gasteiger partial charge in [-0.15, -0.1) is 0 Å². The molecule has 0 aliphatic carbocycles. The Morgan fingerprint density at radius 3 is 3.06 bits per heavy atom. The summed E-state index contributed by atoms with van der Waals surface area (Å²) >= 11 is 0. The molecule has 2 aromatic heterocycles. The third-order valence-electron chi connectivity index (χ3n) is 3.43. The largest absolute Gasteiger partial charge is 0.412 e. The molecular weight excluding hydrogens is 226 g/mol. The van der Waals surface area contributed by atoms with Gasteiger partial charge in [0, 0.05) is 11.8 Å². The van der Waals surface area contributed by atoms with E-state index >= 15 is 0 Å². The van der Waals surface area contributed by atoms with Crippen LogP contribution in [0.25, 0.3) is 21.9 Å². The number of nitrogens with zero attached hydrogens (tertiary/aromatic N) is 3. The van der Waals surface area contributed by atoms with Crippen molar-refractivity contribution in [2.24, 2.45) is 0 Å². The molecule has 1 aliphatic rings. The summed E-state index contributed by atoms with van der Waals surface area (Å²) in [7, 11) is 0. The molecule has 0 radical (unpaired) electrons. The number of pyridine rings is 1.